The molecule has 0 radical (unpaired) electrons. The van der Waals surface area contributed by atoms with E-state index in [1.165, 1.54) is 47.7 Å². The highest BCUT2D eigenvalue weighted by Crippen LogP contribution is 2.29. The van der Waals surface area contributed by atoms with Crippen LogP contribution in [-0.4, -0.2) is 16.4 Å². The highest BCUT2D eigenvalue weighted by Gasteiger charge is 2.30. The maximum absolute atomic E-state index is 13.1. The standard InChI is InChI=1S/C26H19F4N3O2S/c27-22-10-8-20(9-11-22)24(35)32-25-33(12-13-36-25)16-17-4-6-19(7-5-17)23(34)31-15-18-2-1-3-21(14-18)26(28,29)30/h1-14H,15-16H2,(H,31,34). The molecular formula is C26H19F4N3O2S. The number of benzene rings is 3. The van der Waals surface area contributed by atoms with Gasteiger partial charge in [0, 0.05) is 35.8 Å². The molecule has 3 aromatic carbocycles. The molecule has 1 N–H and O–H groups in total. The van der Waals surface area contributed by atoms with Gasteiger partial charge in [0.25, 0.3) is 11.8 Å². The van der Waals surface area contributed by atoms with Gasteiger partial charge in [-0.3, -0.25) is 9.59 Å². The molecule has 0 aliphatic rings. The number of hydrogen-bond donors (Lipinski definition) is 1. The predicted molar refractivity (Wildman–Crippen MR) is 127 cm³/mol. The number of hydrogen-bond acceptors (Lipinski definition) is 3. The van der Waals surface area contributed by atoms with Crippen LogP contribution in [0.4, 0.5) is 17.6 Å². The van der Waals surface area contributed by atoms with Crippen LogP contribution in [-0.2, 0) is 19.3 Å². The number of nitrogens with one attached hydrogen (secondary N) is 1. The van der Waals surface area contributed by atoms with E-state index in [1.807, 2.05) is 0 Å². The molecule has 4 rings (SSSR count). The summed E-state index contributed by atoms with van der Waals surface area (Å²) in [7, 11) is 0. The molecule has 5 nitrogen and oxygen atoms in total. The monoisotopic (exact) mass is 513 g/mol. The highest BCUT2D eigenvalue weighted by atomic mass is 32.1. The van der Waals surface area contributed by atoms with Crippen molar-refractivity contribution >= 4 is 23.2 Å². The third-order valence-electron chi connectivity index (χ3n) is 5.22. The number of carbonyl (C=O) groups excluding carboxylic acids is 2. The summed E-state index contributed by atoms with van der Waals surface area (Å²) < 4.78 is 53.4. The number of alkyl halides is 3. The Kier molecular flexibility index (Phi) is 7.44. The van der Waals surface area contributed by atoms with E-state index < -0.39 is 29.4 Å². The van der Waals surface area contributed by atoms with Gasteiger partial charge in [0.05, 0.1) is 5.56 Å². The number of aromatic nitrogens is 1. The van der Waals surface area contributed by atoms with Gasteiger partial charge in [0.1, 0.15) is 5.82 Å². The van der Waals surface area contributed by atoms with Crippen LogP contribution in [0.3, 0.4) is 0 Å². The molecule has 0 aliphatic carbocycles. The third kappa shape index (κ3) is 6.33. The van der Waals surface area contributed by atoms with Crippen LogP contribution >= 0.6 is 11.3 Å². The molecule has 1 aromatic heterocycles. The van der Waals surface area contributed by atoms with Crippen molar-refractivity contribution in [2.24, 2.45) is 4.99 Å². The van der Waals surface area contributed by atoms with Crippen LogP contribution in [0, 0.1) is 5.82 Å². The second-order valence-electron chi connectivity index (χ2n) is 7.82. The lowest BCUT2D eigenvalue weighted by molar-refractivity contribution is -0.137. The highest BCUT2D eigenvalue weighted by molar-refractivity contribution is 7.07. The van der Waals surface area contributed by atoms with E-state index in [0.29, 0.717) is 22.5 Å². The lowest BCUT2D eigenvalue weighted by Gasteiger charge is -2.10. The van der Waals surface area contributed by atoms with Gasteiger partial charge >= 0.3 is 6.18 Å². The summed E-state index contributed by atoms with van der Waals surface area (Å²) in [5.74, 6) is -1.34. The zero-order chi connectivity index (χ0) is 25.7. The molecule has 0 aliphatic heterocycles. The van der Waals surface area contributed by atoms with Gasteiger partial charge in [0.15, 0.2) is 4.80 Å². The average Bonchev–Trinajstić information content (AvgIpc) is 3.29. The minimum atomic E-state index is -4.45. The molecule has 0 spiro atoms. The smallest absolute Gasteiger partial charge is 0.348 e. The first-order valence-corrected chi connectivity index (χ1v) is 11.6. The summed E-state index contributed by atoms with van der Waals surface area (Å²) in [6.45, 7) is 0.355. The van der Waals surface area contributed by atoms with Gasteiger partial charge in [0.2, 0.25) is 0 Å². The fourth-order valence-electron chi connectivity index (χ4n) is 3.35. The first-order valence-electron chi connectivity index (χ1n) is 10.7. The Morgan fingerprint density at radius 1 is 0.917 bits per heavy atom. The second kappa shape index (κ2) is 10.7. The third-order valence-corrected chi connectivity index (χ3v) is 6.02. The van der Waals surface area contributed by atoms with Gasteiger partial charge in [-0.1, -0.05) is 24.3 Å². The van der Waals surface area contributed by atoms with Crippen molar-refractivity contribution in [3.63, 3.8) is 0 Å². The molecule has 10 heteroatoms. The number of halogens is 4. The summed E-state index contributed by atoms with van der Waals surface area (Å²) in [5.41, 5.74) is 1.05. The van der Waals surface area contributed by atoms with Crippen LogP contribution in [0.5, 0.6) is 0 Å². The fraction of sp³-hybridized carbons (Fsp3) is 0.115. The van der Waals surface area contributed by atoms with E-state index in [9.17, 15) is 27.2 Å². The minimum absolute atomic E-state index is 0.0395. The van der Waals surface area contributed by atoms with Crippen LogP contribution in [0.25, 0.3) is 0 Å². The van der Waals surface area contributed by atoms with Crippen LogP contribution < -0.4 is 10.1 Å². The van der Waals surface area contributed by atoms with Crippen molar-refractivity contribution in [1.82, 2.24) is 9.88 Å². The molecule has 2 amide bonds. The van der Waals surface area contributed by atoms with Gasteiger partial charge in [-0.05, 0) is 59.7 Å². The number of thiazole rings is 1. The van der Waals surface area contributed by atoms with Gasteiger partial charge in [-0.15, -0.1) is 11.3 Å². The lowest BCUT2D eigenvalue weighted by Crippen LogP contribution is -2.23. The molecular weight excluding hydrogens is 494 g/mol. The zero-order valence-corrected chi connectivity index (χ0v) is 19.4. The van der Waals surface area contributed by atoms with Crippen LogP contribution in [0.15, 0.2) is 89.4 Å². The van der Waals surface area contributed by atoms with E-state index in [-0.39, 0.29) is 12.1 Å². The number of carbonyl (C=O) groups is 2. The van der Waals surface area contributed by atoms with E-state index in [0.717, 1.165) is 17.7 Å². The molecule has 0 bridgehead atoms. The summed E-state index contributed by atoms with van der Waals surface area (Å²) in [6, 6.07) is 16.7. The first-order chi connectivity index (χ1) is 17.2. The number of rotatable bonds is 6. The molecule has 0 unspecified atom stereocenters. The summed E-state index contributed by atoms with van der Waals surface area (Å²) in [4.78, 5) is 29.4. The Morgan fingerprint density at radius 2 is 1.61 bits per heavy atom. The fourth-order valence-corrected chi connectivity index (χ4v) is 4.08. The average molecular weight is 514 g/mol. The van der Waals surface area contributed by atoms with E-state index >= 15 is 0 Å². The SMILES string of the molecule is O=C(N=c1sccn1Cc1ccc(C(=O)NCc2cccc(C(F)(F)F)c2)cc1)c1ccc(F)cc1. The molecule has 0 saturated carbocycles. The lowest BCUT2D eigenvalue weighted by atomic mass is 10.1. The normalized spacial score (nSPS) is 11.9. The van der Waals surface area contributed by atoms with Crippen molar-refractivity contribution in [3.8, 4) is 0 Å². The molecule has 36 heavy (non-hydrogen) atoms. The van der Waals surface area contributed by atoms with Crippen LogP contribution in [0.1, 0.15) is 37.4 Å². The van der Waals surface area contributed by atoms with Gasteiger partial charge in [-0.25, -0.2) is 4.39 Å². The molecule has 1 heterocycles. The Bertz CT molecular complexity index is 1440. The van der Waals surface area contributed by atoms with Crippen molar-refractivity contribution in [1.29, 1.82) is 0 Å². The van der Waals surface area contributed by atoms with E-state index in [2.05, 4.69) is 10.3 Å². The maximum atomic E-state index is 13.1. The summed E-state index contributed by atoms with van der Waals surface area (Å²) in [5, 5.41) is 4.41. The molecule has 0 atom stereocenters. The largest absolute Gasteiger partial charge is 0.416 e. The second-order valence-corrected chi connectivity index (χ2v) is 8.69. The van der Waals surface area contributed by atoms with E-state index in [4.69, 9.17) is 0 Å². The Labute approximate surface area is 207 Å². The zero-order valence-electron chi connectivity index (χ0n) is 18.6. The Morgan fingerprint density at radius 3 is 2.31 bits per heavy atom. The van der Waals surface area contributed by atoms with Crippen molar-refractivity contribution in [2.45, 2.75) is 19.3 Å². The summed E-state index contributed by atoms with van der Waals surface area (Å²) >= 11 is 1.28. The Balaban J connectivity index is 1.40. The minimum Gasteiger partial charge on any atom is -0.348 e. The number of nitrogens with zero attached hydrogens (tertiary/aromatic N) is 2. The quantitative estimate of drug-likeness (QED) is 0.350. The topological polar surface area (TPSA) is 63.5 Å². The molecule has 0 saturated heterocycles. The number of amides is 2. The van der Waals surface area contributed by atoms with E-state index in [1.54, 1.807) is 40.4 Å². The van der Waals surface area contributed by atoms with Crippen LogP contribution in [0.2, 0.25) is 0 Å². The first kappa shape index (κ1) is 25.1. The van der Waals surface area contributed by atoms with Crippen molar-refractivity contribution in [3.05, 3.63) is 123 Å². The molecule has 184 valence electrons. The predicted octanol–water partition coefficient (Wildman–Crippen LogP) is 5.43. The summed E-state index contributed by atoms with van der Waals surface area (Å²) in [6.07, 6.45) is -2.67. The molecule has 4 aromatic rings. The maximum Gasteiger partial charge on any atom is 0.416 e. The Hall–Kier alpha value is -4.05. The van der Waals surface area contributed by atoms with Crippen molar-refractivity contribution < 1.29 is 27.2 Å². The van der Waals surface area contributed by atoms with Gasteiger partial charge < -0.3 is 9.88 Å². The molecule has 0 fully saturated rings. The van der Waals surface area contributed by atoms with Gasteiger partial charge in [-0.2, -0.15) is 18.2 Å². The van der Waals surface area contributed by atoms with Crippen molar-refractivity contribution in [2.75, 3.05) is 0 Å².